The second-order valence-corrected chi connectivity index (χ2v) is 14.4. The molecular weight excluding hydrogens is 542 g/mol. The zero-order chi connectivity index (χ0) is 31.2. The van der Waals surface area contributed by atoms with E-state index in [4.69, 9.17) is 10.5 Å². The average molecular weight is 590 g/mol. The molecule has 1 aliphatic heterocycles. The maximum absolute atomic E-state index is 14.2. The summed E-state index contributed by atoms with van der Waals surface area (Å²) in [5.74, 6) is -3.18. The Morgan fingerprint density at radius 3 is 2.14 bits per heavy atom. The third-order valence-corrected chi connectivity index (χ3v) is 9.93. The van der Waals surface area contributed by atoms with E-state index in [1.54, 1.807) is 0 Å². The smallest absolute Gasteiger partial charge is 0.331 e. The number of piperidine rings is 1. The van der Waals surface area contributed by atoms with Crippen molar-refractivity contribution >= 4 is 35.5 Å². The number of hydrogen-bond donors (Lipinski definition) is 4. The van der Waals surface area contributed by atoms with Crippen LogP contribution in [0.25, 0.3) is 0 Å². The Morgan fingerprint density at radius 2 is 1.62 bits per heavy atom. The summed E-state index contributed by atoms with van der Waals surface area (Å²) in [6, 6.07) is -3.57. The number of fused-ring (bicyclic) bond motifs is 1. The Hall–Kier alpha value is -3.18. The molecule has 4 aliphatic rings. The van der Waals surface area contributed by atoms with Gasteiger partial charge in [0.2, 0.25) is 17.6 Å². The summed E-state index contributed by atoms with van der Waals surface area (Å²) >= 11 is 0. The Bertz CT molecular complexity index is 1140. The van der Waals surface area contributed by atoms with E-state index in [1.807, 2.05) is 34.6 Å². The van der Waals surface area contributed by atoms with E-state index in [0.29, 0.717) is 25.8 Å². The van der Waals surface area contributed by atoms with Crippen molar-refractivity contribution in [3.8, 4) is 0 Å². The van der Waals surface area contributed by atoms with E-state index in [-0.39, 0.29) is 23.2 Å². The second-order valence-electron chi connectivity index (χ2n) is 14.4. The van der Waals surface area contributed by atoms with Gasteiger partial charge in [-0.25, -0.2) is 9.59 Å². The molecule has 2 unspecified atom stereocenters. The third-order valence-electron chi connectivity index (χ3n) is 9.93. The standard InChI is InChI=1S/C30H47N5O7/c1-28(2,3)22(33-27(41)34-30(26(40)42-6)12-8-7-9-13-30)25(39)35-15-17-19(29(17,4)5)20(35)24(38)32-18(14-16-10-11-16)21(36)23(31)37/h16-20,22H,7-15H2,1-6H3,(H2,31,37)(H,32,38)(H2,33,34,41)/t17-,18?,19?,20-,22+/m0/s1. The molecule has 1 heterocycles. The first-order valence-corrected chi connectivity index (χ1v) is 15.1. The fourth-order valence-corrected chi connectivity index (χ4v) is 7.09. The molecule has 3 saturated carbocycles. The van der Waals surface area contributed by atoms with Crippen LogP contribution < -0.4 is 21.7 Å². The first-order valence-electron chi connectivity index (χ1n) is 15.1. The molecule has 5 amide bonds. The monoisotopic (exact) mass is 589 g/mol. The van der Waals surface area contributed by atoms with Crippen LogP contribution in [0.3, 0.4) is 0 Å². The van der Waals surface area contributed by atoms with Crippen molar-refractivity contribution < 1.29 is 33.5 Å². The highest BCUT2D eigenvalue weighted by atomic mass is 16.5. The predicted molar refractivity (Wildman–Crippen MR) is 152 cm³/mol. The van der Waals surface area contributed by atoms with Gasteiger partial charge >= 0.3 is 12.0 Å². The number of ether oxygens (including phenoxy) is 1. The van der Waals surface area contributed by atoms with Gasteiger partial charge in [0.15, 0.2) is 0 Å². The highest BCUT2D eigenvalue weighted by molar-refractivity contribution is 6.37. The van der Waals surface area contributed by atoms with E-state index < -0.39 is 64.6 Å². The largest absolute Gasteiger partial charge is 0.467 e. The topological polar surface area (TPSA) is 177 Å². The summed E-state index contributed by atoms with van der Waals surface area (Å²) in [5.41, 5.74) is 3.19. The summed E-state index contributed by atoms with van der Waals surface area (Å²) in [4.78, 5) is 79.7. The van der Waals surface area contributed by atoms with Crippen molar-refractivity contribution in [2.75, 3.05) is 13.7 Å². The highest BCUT2D eigenvalue weighted by Gasteiger charge is 2.70. The van der Waals surface area contributed by atoms with Gasteiger partial charge < -0.3 is 31.3 Å². The number of hydrogen-bond acceptors (Lipinski definition) is 7. The maximum Gasteiger partial charge on any atom is 0.331 e. The van der Waals surface area contributed by atoms with Crippen molar-refractivity contribution in [2.45, 2.75) is 110 Å². The lowest BCUT2D eigenvalue weighted by Gasteiger charge is -2.39. The molecule has 1 saturated heterocycles. The summed E-state index contributed by atoms with van der Waals surface area (Å²) in [6.07, 6.45) is 5.54. The van der Waals surface area contributed by atoms with Gasteiger partial charge in [-0.2, -0.15) is 0 Å². The minimum Gasteiger partial charge on any atom is -0.467 e. The number of carbonyl (C=O) groups is 6. The van der Waals surface area contributed by atoms with Gasteiger partial charge in [-0.15, -0.1) is 0 Å². The van der Waals surface area contributed by atoms with Gasteiger partial charge in [0.1, 0.15) is 17.6 Å². The summed E-state index contributed by atoms with van der Waals surface area (Å²) in [6.45, 7) is 9.88. The molecule has 0 radical (unpaired) electrons. The molecule has 3 aliphatic carbocycles. The number of carbonyl (C=O) groups excluding carboxylic acids is 6. The second kappa shape index (κ2) is 11.5. The van der Waals surface area contributed by atoms with Gasteiger partial charge in [-0.05, 0) is 47.8 Å². The van der Waals surface area contributed by atoms with Gasteiger partial charge in [-0.1, -0.05) is 66.7 Å². The first kappa shape index (κ1) is 31.7. The summed E-state index contributed by atoms with van der Waals surface area (Å²) < 4.78 is 5.01. The lowest BCUT2D eigenvalue weighted by Crippen LogP contribution is -2.64. The molecule has 0 spiro atoms. The highest BCUT2D eigenvalue weighted by Crippen LogP contribution is 2.65. The Balaban J connectivity index is 1.54. The number of nitrogens with one attached hydrogen (secondary N) is 3. The lowest BCUT2D eigenvalue weighted by molar-refractivity contribution is -0.149. The molecule has 42 heavy (non-hydrogen) atoms. The number of likely N-dealkylation sites (tertiary alicyclic amines) is 1. The van der Waals surface area contributed by atoms with Crippen LogP contribution in [0, 0.1) is 28.6 Å². The molecule has 0 aromatic heterocycles. The molecule has 5 N–H and O–H groups in total. The number of methoxy groups -OCH3 is 1. The molecule has 12 nitrogen and oxygen atoms in total. The summed E-state index contributed by atoms with van der Waals surface area (Å²) in [7, 11) is 1.29. The van der Waals surface area contributed by atoms with E-state index in [0.717, 1.165) is 32.1 Å². The molecule has 5 atom stereocenters. The van der Waals surface area contributed by atoms with E-state index >= 15 is 0 Å². The minimum absolute atomic E-state index is 0.0743. The fourth-order valence-electron chi connectivity index (χ4n) is 7.09. The van der Waals surface area contributed by atoms with E-state index in [1.165, 1.54) is 12.0 Å². The molecule has 0 bridgehead atoms. The van der Waals surface area contributed by atoms with Gasteiger partial charge in [0, 0.05) is 6.54 Å². The zero-order valence-electron chi connectivity index (χ0n) is 25.7. The van der Waals surface area contributed by atoms with Gasteiger partial charge in [-0.3, -0.25) is 19.2 Å². The van der Waals surface area contributed by atoms with Crippen LogP contribution in [0.4, 0.5) is 4.79 Å². The SMILES string of the molecule is COC(=O)C1(NC(=O)N[C@H](C(=O)N2C[C@H]3C([C@H]2C(=O)NC(CC2CC2)C(=O)C(N)=O)C3(C)C)C(C)(C)C)CCCCC1. The van der Waals surface area contributed by atoms with Crippen molar-refractivity contribution in [3.63, 3.8) is 0 Å². The third kappa shape index (κ3) is 6.27. The van der Waals surface area contributed by atoms with Crippen LogP contribution in [0.5, 0.6) is 0 Å². The number of amides is 5. The van der Waals surface area contributed by atoms with Crippen LogP contribution in [0.2, 0.25) is 0 Å². The Morgan fingerprint density at radius 1 is 1.00 bits per heavy atom. The summed E-state index contributed by atoms with van der Waals surface area (Å²) in [5, 5.41) is 8.37. The maximum atomic E-state index is 14.2. The number of urea groups is 1. The van der Waals surface area contributed by atoms with Crippen LogP contribution in [-0.2, 0) is 28.7 Å². The molecule has 0 aromatic rings. The quantitative estimate of drug-likeness (QED) is 0.220. The number of nitrogens with zero attached hydrogens (tertiary/aromatic N) is 1. The fraction of sp³-hybridized carbons (Fsp3) is 0.800. The number of esters is 1. The van der Waals surface area contributed by atoms with Crippen LogP contribution in [-0.4, -0.2) is 77.7 Å². The van der Waals surface area contributed by atoms with Crippen LogP contribution in [0.15, 0.2) is 0 Å². The van der Waals surface area contributed by atoms with E-state index in [2.05, 4.69) is 16.0 Å². The molecule has 4 rings (SSSR count). The van der Waals surface area contributed by atoms with Crippen molar-refractivity contribution in [2.24, 2.45) is 34.3 Å². The minimum atomic E-state index is -1.16. The molecular formula is C30H47N5O7. The molecule has 12 heteroatoms. The molecule has 0 aromatic carbocycles. The van der Waals surface area contributed by atoms with Crippen LogP contribution >= 0.6 is 0 Å². The van der Waals surface area contributed by atoms with Gasteiger partial charge in [0.05, 0.1) is 13.2 Å². The molecule has 4 fully saturated rings. The van der Waals surface area contributed by atoms with Crippen LogP contribution in [0.1, 0.15) is 86.0 Å². The Kier molecular flexibility index (Phi) is 8.68. The van der Waals surface area contributed by atoms with Crippen molar-refractivity contribution in [3.05, 3.63) is 0 Å². The molecule has 234 valence electrons. The van der Waals surface area contributed by atoms with Crippen molar-refractivity contribution in [1.29, 1.82) is 0 Å². The Labute approximate surface area is 247 Å². The number of rotatable bonds is 10. The number of ketones is 1. The van der Waals surface area contributed by atoms with Crippen molar-refractivity contribution in [1.82, 2.24) is 20.9 Å². The number of Topliss-reactive ketones (excluding diaryl/α,β-unsaturated/α-hetero) is 1. The zero-order valence-corrected chi connectivity index (χ0v) is 25.7. The number of primary amides is 1. The normalized spacial score (nSPS) is 27.1. The first-order chi connectivity index (χ1) is 19.5. The van der Waals surface area contributed by atoms with E-state index in [9.17, 15) is 28.8 Å². The number of nitrogens with two attached hydrogens (primary N) is 1. The predicted octanol–water partition coefficient (Wildman–Crippen LogP) is 1.40. The lowest BCUT2D eigenvalue weighted by atomic mass is 9.81. The average Bonchev–Trinajstić information content (AvgIpc) is 3.77. The van der Waals surface area contributed by atoms with Gasteiger partial charge in [0.25, 0.3) is 5.91 Å².